The standard InChI is InChI=1S/C66H80N2O17/c1-23(2)17-35-42-29(9)27(7)21-33-19-25(5)13-15-37(69)47(72)39-40(50(74)59(33,42)57(78)67-35)53-61-44(48(39)83-53)31(11)49(73)63(80,56(61)77)65-55-45-41-51(75)60-34(22-28(8)30(10)43(60)36(18-24(3)4)68-58(60)79)20-26(6)14-16-38(70)64(45,81)85-66(65,82)52(76)46(71)32(12)62(61,65)54(41)84-55/h19-24,29-30,33-43,45,48,53-55,69-71,80-82H,13-18H2,1-12H3,(H,67,78)(H,68,79)/b25-19+,26-20+/t29-,30-,33+,34+,35+,36+,37-,38-,39-,40-,41-,42+,43+,45+,48-,53+,54?,55?,59+,60+,61-,62?,63+,64+,65?,66-/m1/s1. The Morgan fingerprint density at radius 1 is 0.635 bits per heavy atom. The molecule has 14 aliphatic rings. The van der Waals surface area contributed by atoms with Crippen LogP contribution in [-0.2, 0) is 52.6 Å². The first kappa shape index (κ1) is 57.6. The molecule has 8 fully saturated rings. The second-order valence-corrected chi connectivity index (χ2v) is 29.6. The van der Waals surface area contributed by atoms with Crippen LogP contribution in [0, 0.1) is 98.1 Å². The molecule has 14 rings (SSSR count). The van der Waals surface area contributed by atoms with Gasteiger partial charge in [-0.25, -0.2) is 0 Å². The number of amides is 2. The molecule has 0 aromatic carbocycles. The van der Waals surface area contributed by atoms with Gasteiger partial charge in [0.15, 0.2) is 34.7 Å². The predicted octanol–water partition coefficient (Wildman–Crippen LogP) is 3.64. The van der Waals surface area contributed by atoms with E-state index in [9.17, 15) is 30.6 Å². The summed E-state index contributed by atoms with van der Waals surface area (Å²) in [5.74, 6) is -28.7. The van der Waals surface area contributed by atoms with E-state index in [1.807, 2.05) is 79.7 Å². The van der Waals surface area contributed by atoms with Gasteiger partial charge in [0.2, 0.25) is 29.0 Å². The summed E-state index contributed by atoms with van der Waals surface area (Å²) in [7, 11) is 0. The lowest BCUT2D eigenvalue weighted by Crippen LogP contribution is -2.87. The van der Waals surface area contributed by atoms with Gasteiger partial charge in [-0.1, -0.05) is 88.1 Å². The SMILES string of the molecule is CC1=C[C@@H]2/C=C(\C)CC[C@@H](O)C(=O)[C@H]3[C@H](C(=O)[C@]24C(=O)N[C@@H](CC(C)C)[C@@H]4[C@@H]1C)[C@@H]1O[C@H]3C2=C(C)C(=O)[C@]3(O)C(=O)[C@@]21C12C(C)=C(O)C(=O)[C@@]4(O)O[C@@]5(O)[C@H](O)CC/C(C)=C/[C@H]6C=C(C)[C@@H](C)[C@H]7[C@H](CC(C)C)NC(=O)[C@]76C(=O)[C@@H]6C1OC([C@H]65)C234. The number of carbonyl (C=O) groups is 8. The molecule has 456 valence electrons. The summed E-state index contributed by atoms with van der Waals surface area (Å²) in [4.78, 5) is 131. The summed E-state index contributed by atoms with van der Waals surface area (Å²) in [6.45, 7) is 21.8. The molecule has 7 aliphatic carbocycles. The quantitative estimate of drug-likeness (QED) is 0.147. The first-order chi connectivity index (χ1) is 39.8. The van der Waals surface area contributed by atoms with Crippen molar-refractivity contribution in [3.63, 3.8) is 0 Å². The van der Waals surface area contributed by atoms with Crippen molar-refractivity contribution in [1.29, 1.82) is 0 Å². The van der Waals surface area contributed by atoms with E-state index in [0.29, 0.717) is 24.0 Å². The highest BCUT2D eigenvalue weighted by Crippen LogP contribution is 2.92. The number of ketones is 6. The number of fused-ring (bicyclic) bond motifs is 9. The van der Waals surface area contributed by atoms with E-state index in [4.69, 9.17) is 14.2 Å². The molecule has 19 heteroatoms. The molecule has 26 atom stereocenters. The number of rotatable bonds is 4. The fraction of sp³-hybridized carbons (Fsp3) is 0.697. The van der Waals surface area contributed by atoms with E-state index in [1.54, 1.807) is 13.8 Å². The molecule has 7 aliphatic heterocycles. The van der Waals surface area contributed by atoms with Crippen molar-refractivity contribution in [2.75, 3.05) is 0 Å². The summed E-state index contributed by atoms with van der Waals surface area (Å²) in [5.41, 5.74) is -14.7. The van der Waals surface area contributed by atoms with Crippen LogP contribution in [0.5, 0.6) is 0 Å². The minimum Gasteiger partial charge on any atom is -0.504 e. The third-order valence-corrected chi connectivity index (χ3v) is 25.3. The molecule has 2 amide bonds. The number of hydrogen-bond donors (Lipinski definition) is 8. The van der Waals surface area contributed by atoms with Crippen LogP contribution >= 0.6 is 0 Å². The molecular formula is C66H80N2O17. The van der Waals surface area contributed by atoms with Crippen molar-refractivity contribution < 1.29 is 83.2 Å². The Kier molecular flexibility index (Phi) is 11.8. The Balaban J connectivity index is 1.09. The monoisotopic (exact) mass is 1170 g/mol. The number of aliphatic hydroxyl groups is 6. The second-order valence-electron chi connectivity index (χ2n) is 29.6. The van der Waals surface area contributed by atoms with E-state index in [-0.39, 0.29) is 48.7 Å². The number of hydrogen-bond acceptors (Lipinski definition) is 17. The number of nitrogens with one attached hydrogen (secondary N) is 2. The Hall–Kier alpha value is -5.12. The van der Waals surface area contributed by atoms with Gasteiger partial charge in [-0.2, -0.15) is 0 Å². The molecule has 4 spiro atoms. The van der Waals surface area contributed by atoms with Gasteiger partial charge in [0, 0.05) is 35.8 Å². The van der Waals surface area contributed by atoms with E-state index < -0.39 is 210 Å². The number of ether oxygens (including phenoxy) is 3. The van der Waals surface area contributed by atoms with Crippen LogP contribution in [0.3, 0.4) is 0 Å². The lowest BCUT2D eigenvalue weighted by atomic mass is 9.34. The summed E-state index contributed by atoms with van der Waals surface area (Å²) >= 11 is 0. The first-order valence-corrected chi connectivity index (χ1v) is 31.0. The van der Waals surface area contributed by atoms with Crippen molar-refractivity contribution in [2.45, 2.75) is 187 Å². The highest BCUT2D eigenvalue weighted by Gasteiger charge is 3.07. The van der Waals surface area contributed by atoms with Crippen LogP contribution in [0.1, 0.15) is 122 Å². The van der Waals surface area contributed by atoms with Crippen LogP contribution in [0.15, 0.2) is 69.1 Å². The maximum atomic E-state index is 17.6. The molecule has 7 saturated heterocycles. The van der Waals surface area contributed by atoms with Gasteiger partial charge in [-0.05, 0) is 120 Å². The maximum Gasteiger partial charge on any atom is 0.256 e. The highest BCUT2D eigenvalue weighted by atomic mass is 16.7. The van der Waals surface area contributed by atoms with Crippen LogP contribution in [0.25, 0.3) is 0 Å². The minimum atomic E-state index is -3.91. The number of allylic oxidation sites excluding steroid dienone is 8. The van der Waals surface area contributed by atoms with Crippen LogP contribution in [-0.4, -0.2) is 143 Å². The second kappa shape index (κ2) is 17.4. The van der Waals surface area contributed by atoms with Crippen molar-refractivity contribution >= 4 is 46.5 Å². The maximum absolute atomic E-state index is 17.6. The Morgan fingerprint density at radius 3 is 1.68 bits per heavy atom. The topological polar surface area (TPSA) is 310 Å². The van der Waals surface area contributed by atoms with Crippen LogP contribution in [0.4, 0.5) is 0 Å². The van der Waals surface area contributed by atoms with Crippen LogP contribution in [0.2, 0.25) is 0 Å². The largest absolute Gasteiger partial charge is 0.504 e. The summed E-state index contributed by atoms with van der Waals surface area (Å²) in [5, 5.41) is 86.2. The van der Waals surface area contributed by atoms with Gasteiger partial charge in [0.05, 0.1) is 58.9 Å². The summed E-state index contributed by atoms with van der Waals surface area (Å²) in [6, 6.07) is -1.19. The highest BCUT2D eigenvalue weighted by molar-refractivity contribution is 6.29. The minimum absolute atomic E-state index is 0.00894. The molecule has 0 aromatic rings. The molecule has 0 radical (unpaired) electrons. The molecule has 7 heterocycles. The van der Waals surface area contributed by atoms with Gasteiger partial charge in [0.1, 0.15) is 28.5 Å². The molecule has 0 aromatic heterocycles. The van der Waals surface area contributed by atoms with Gasteiger partial charge >= 0.3 is 0 Å². The van der Waals surface area contributed by atoms with Gasteiger partial charge in [0.25, 0.3) is 5.78 Å². The third-order valence-electron chi connectivity index (χ3n) is 25.3. The number of aliphatic hydroxyl groups excluding tert-OH is 3. The fourth-order valence-electron chi connectivity index (χ4n) is 22.4. The van der Waals surface area contributed by atoms with E-state index in [0.717, 1.165) is 11.1 Å². The van der Waals surface area contributed by atoms with E-state index >= 15 is 38.4 Å². The van der Waals surface area contributed by atoms with Crippen LogP contribution < -0.4 is 10.6 Å². The molecular weight excluding hydrogens is 1090 g/mol. The van der Waals surface area contributed by atoms with Gasteiger partial charge < -0.3 is 55.5 Å². The summed E-state index contributed by atoms with van der Waals surface area (Å²) < 4.78 is 21.0. The average Bonchev–Trinajstić information content (AvgIpc) is 1.40. The number of Topliss-reactive ketones (excluding diaryl/α,β-unsaturated/α-hetero) is 6. The lowest BCUT2D eigenvalue weighted by Gasteiger charge is -2.69. The van der Waals surface area contributed by atoms with E-state index in [1.165, 1.54) is 13.8 Å². The number of carbonyl (C=O) groups excluding carboxylic acids is 8. The van der Waals surface area contributed by atoms with Crippen molar-refractivity contribution in [1.82, 2.24) is 10.6 Å². The molecule has 4 unspecified atom stereocenters. The van der Waals surface area contributed by atoms with Gasteiger partial charge in [-0.3, -0.25) is 38.4 Å². The summed E-state index contributed by atoms with van der Waals surface area (Å²) in [6.07, 6.45) is -4.00. The zero-order chi connectivity index (χ0) is 61.4. The normalized spacial score (nSPS) is 53.8. The van der Waals surface area contributed by atoms with Crippen molar-refractivity contribution in [2.24, 2.45) is 98.1 Å². The molecule has 19 nitrogen and oxygen atoms in total. The first-order valence-electron chi connectivity index (χ1n) is 31.0. The lowest BCUT2D eigenvalue weighted by molar-refractivity contribution is -0.455. The van der Waals surface area contributed by atoms with E-state index in [2.05, 4.69) is 10.6 Å². The Morgan fingerprint density at radius 2 is 1.15 bits per heavy atom. The zero-order valence-corrected chi connectivity index (χ0v) is 50.3. The van der Waals surface area contributed by atoms with Crippen molar-refractivity contribution in [3.05, 3.63) is 69.1 Å². The zero-order valence-electron chi connectivity index (χ0n) is 50.3. The fourth-order valence-corrected chi connectivity index (χ4v) is 22.4. The Bertz CT molecular complexity index is 3440. The molecule has 8 N–H and O–H groups in total. The smallest absolute Gasteiger partial charge is 0.256 e. The van der Waals surface area contributed by atoms with Gasteiger partial charge in [-0.15, -0.1) is 0 Å². The average molecular weight is 1170 g/mol. The molecule has 1 saturated carbocycles. The molecule has 85 heavy (non-hydrogen) atoms. The third kappa shape index (κ3) is 5.74. The predicted molar refractivity (Wildman–Crippen MR) is 298 cm³/mol. The molecule has 6 bridgehead atoms. The van der Waals surface area contributed by atoms with Crippen molar-refractivity contribution in [3.8, 4) is 0 Å². The Labute approximate surface area is 493 Å².